The monoisotopic (exact) mass is 397 g/mol. The van der Waals surface area contributed by atoms with Crippen molar-refractivity contribution in [1.29, 1.82) is 0 Å². The molecule has 1 fully saturated rings. The smallest absolute Gasteiger partial charge is 0.253 e. The normalized spacial score (nSPS) is 14.2. The average molecular weight is 397 g/mol. The molecule has 0 atom stereocenters. The summed E-state index contributed by atoms with van der Waals surface area (Å²) in [5.41, 5.74) is 2.11. The summed E-state index contributed by atoms with van der Waals surface area (Å²) in [6, 6.07) is 13.3. The summed E-state index contributed by atoms with van der Waals surface area (Å²) in [4.78, 5) is 28.9. The van der Waals surface area contributed by atoms with E-state index in [2.05, 4.69) is 24.1 Å². The average Bonchev–Trinajstić information content (AvgIpc) is 2.74. The van der Waals surface area contributed by atoms with E-state index in [0.29, 0.717) is 49.8 Å². The number of amides is 2. The molecule has 0 unspecified atom stereocenters. The van der Waals surface area contributed by atoms with E-state index in [0.717, 1.165) is 12.1 Å². The highest BCUT2D eigenvalue weighted by atomic mass is 19.1. The molecule has 0 bridgehead atoms. The van der Waals surface area contributed by atoms with Crippen LogP contribution in [-0.2, 0) is 0 Å². The third-order valence-corrected chi connectivity index (χ3v) is 5.16. The molecule has 0 aliphatic carbocycles. The first-order valence-electron chi connectivity index (χ1n) is 10.1. The number of carbonyl (C=O) groups excluding carboxylic acids is 2. The van der Waals surface area contributed by atoms with Crippen LogP contribution in [0.5, 0.6) is 0 Å². The highest BCUT2D eigenvalue weighted by Crippen LogP contribution is 2.18. The van der Waals surface area contributed by atoms with Gasteiger partial charge in [0.2, 0.25) is 0 Å². The minimum Gasteiger partial charge on any atom is -0.368 e. The van der Waals surface area contributed by atoms with Gasteiger partial charge in [-0.1, -0.05) is 13.8 Å². The van der Waals surface area contributed by atoms with Gasteiger partial charge in [-0.2, -0.15) is 0 Å². The lowest BCUT2D eigenvalue weighted by molar-refractivity contribution is 0.0746. The number of nitrogens with one attached hydrogen (secondary N) is 1. The molecule has 2 aromatic rings. The minimum absolute atomic E-state index is 0.0319. The number of nitrogens with zero attached hydrogens (tertiary/aromatic N) is 2. The van der Waals surface area contributed by atoms with Gasteiger partial charge < -0.3 is 15.1 Å². The van der Waals surface area contributed by atoms with Gasteiger partial charge in [-0.15, -0.1) is 0 Å². The third kappa shape index (κ3) is 5.56. The summed E-state index contributed by atoms with van der Waals surface area (Å²) in [5, 5.41) is 2.90. The molecule has 1 aliphatic heterocycles. The van der Waals surface area contributed by atoms with Gasteiger partial charge in [0, 0.05) is 49.5 Å². The van der Waals surface area contributed by atoms with Gasteiger partial charge in [-0.05, 0) is 60.9 Å². The topological polar surface area (TPSA) is 52.7 Å². The Kier molecular flexibility index (Phi) is 6.86. The van der Waals surface area contributed by atoms with E-state index in [1.165, 1.54) is 12.1 Å². The summed E-state index contributed by atoms with van der Waals surface area (Å²) in [6.07, 6.45) is 0.937. The lowest BCUT2D eigenvalue weighted by Gasteiger charge is -2.36. The van der Waals surface area contributed by atoms with Crippen LogP contribution in [0.3, 0.4) is 0 Å². The van der Waals surface area contributed by atoms with Gasteiger partial charge in [-0.3, -0.25) is 9.59 Å². The van der Waals surface area contributed by atoms with E-state index in [1.807, 2.05) is 4.90 Å². The molecule has 2 amide bonds. The van der Waals surface area contributed by atoms with Gasteiger partial charge in [0.25, 0.3) is 11.8 Å². The van der Waals surface area contributed by atoms with E-state index in [-0.39, 0.29) is 17.6 Å². The summed E-state index contributed by atoms with van der Waals surface area (Å²) < 4.78 is 13.1. The maximum Gasteiger partial charge on any atom is 0.253 e. The molecule has 5 nitrogen and oxygen atoms in total. The molecule has 1 saturated heterocycles. The number of halogens is 1. The van der Waals surface area contributed by atoms with Crippen molar-refractivity contribution >= 4 is 17.5 Å². The minimum atomic E-state index is -0.250. The molecule has 29 heavy (non-hydrogen) atoms. The second kappa shape index (κ2) is 9.54. The molecular formula is C23H28FN3O2. The van der Waals surface area contributed by atoms with Crippen molar-refractivity contribution in [3.05, 3.63) is 65.5 Å². The number of carbonyl (C=O) groups is 2. The highest BCUT2D eigenvalue weighted by Gasteiger charge is 2.22. The molecule has 6 heteroatoms. The van der Waals surface area contributed by atoms with Crippen LogP contribution in [0.2, 0.25) is 0 Å². The van der Waals surface area contributed by atoms with Crippen LogP contribution in [-0.4, -0.2) is 49.4 Å². The van der Waals surface area contributed by atoms with Crippen LogP contribution in [0.4, 0.5) is 10.1 Å². The summed E-state index contributed by atoms with van der Waals surface area (Å²) in [5.74, 6) is 0.145. The van der Waals surface area contributed by atoms with Crippen LogP contribution in [0.25, 0.3) is 0 Å². The van der Waals surface area contributed by atoms with Crippen molar-refractivity contribution in [2.75, 3.05) is 37.6 Å². The first-order valence-corrected chi connectivity index (χ1v) is 10.1. The maximum atomic E-state index is 13.1. The molecule has 1 N–H and O–H groups in total. The number of hydrogen-bond donors (Lipinski definition) is 1. The predicted molar refractivity (Wildman–Crippen MR) is 113 cm³/mol. The van der Waals surface area contributed by atoms with Crippen molar-refractivity contribution in [1.82, 2.24) is 10.2 Å². The van der Waals surface area contributed by atoms with Crippen molar-refractivity contribution < 1.29 is 14.0 Å². The Morgan fingerprint density at radius 1 is 0.931 bits per heavy atom. The number of piperazine rings is 1. The number of hydrogen-bond acceptors (Lipinski definition) is 3. The van der Waals surface area contributed by atoms with Crippen molar-refractivity contribution in [2.45, 2.75) is 20.3 Å². The number of anilines is 1. The lowest BCUT2D eigenvalue weighted by atomic mass is 10.1. The van der Waals surface area contributed by atoms with E-state index in [9.17, 15) is 14.0 Å². The predicted octanol–water partition coefficient (Wildman–Crippen LogP) is 3.56. The van der Waals surface area contributed by atoms with Crippen LogP contribution in [0.1, 0.15) is 41.0 Å². The Hall–Kier alpha value is -2.89. The SMILES string of the molecule is CC(C)CCNC(=O)c1ccc(C(=O)N2CCN(c3ccc(F)cc3)CC2)cc1. The van der Waals surface area contributed by atoms with Crippen molar-refractivity contribution in [3.63, 3.8) is 0 Å². The zero-order valence-electron chi connectivity index (χ0n) is 17.0. The Labute approximate surface area is 171 Å². The third-order valence-electron chi connectivity index (χ3n) is 5.16. The fourth-order valence-electron chi connectivity index (χ4n) is 3.34. The van der Waals surface area contributed by atoms with E-state index in [4.69, 9.17) is 0 Å². The molecule has 0 saturated carbocycles. The number of rotatable bonds is 6. The quantitative estimate of drug-likeness (QED) is 0.811. The zero-order chi connectivity index (χ0) is 20.8. The molecule has 2 aromatic carbocycles. The molecule has 0 spiro atoms. The van der Waals surface area contributed by atoms with E-state index >= 15 is 0 Å². The van der Waals surface area contributed by atoms with Gasteiger partial charge in [0.05, 0.1) is 0 Å². The molecule has 154 valence electrons. The standard InChI is InChI=1S/C23H28FN3O2/c1-17(2)11-12-25-22(28)18-3-5-19(6-4-18)23(29)27-15-13-26(14-16-27)21-9-7-20(24)8-10-21/h3-10,17H,11-16H2,1-2H3,(H,25,28). The van der Waals surface area contributed by atoms with Crippen molar-refractivity contribution in [2.24, 2.45) is 5.92 Å². The summed E-state index contributed by atoms with van der Waals surface area (Å²) >= 11 is 0. The Morgan fingerprint density at radius 3 is 2.10 bits per heavy atom. The highest BCUT2D eigenvalue weighted by molar-refractivity contribution is 5.97. The van der Waals surface area contributed by atoms with Gasteiger partial charge in [0.15, 0.2) is 0 Å². The van der Waals surface area contributed by atoms with Crippen LogP contribution in [0, 0.1) is 11.7 Å². The summed E-state index contributed by atoms with van der Waals surface area (Å²) in [6.45, 7) is 7.50. The Bertz CT molecular complexity index is 826. The molecule has 0 radical (unpaired) electrons. The van der Waals surface area contributed by atoms with Gasteiger partial charge >= 0.3 is 0 Å². The number of benzene rings is 2. The lowest BCUT2D eigenvalue weighted by Crippen LogP contribution is -2.48. The molecule has 1 heterocycles. The summed E-state index contributed by atoms with van der Waals surface area (Å²) in [7, 11) is 0. The first-order chi connectivity index (χ1) is 13.9. The first kappa shape index (κ1) is 20.8. The largest absolute Gasteiger partial charge is 0.368 e. The fraction of sp³-hybridized carbons (Fsp3) is 0.391. The van der Waals surface area contributed by atoms with Gasteiger partial charge in [-0.25, -0.2) is 4.39 Å². The van der Waals surface area contributed by atoms with Crippen LogP contribution < -0.4 is 10.2 Å². The molecule has 3 rings (SSSR count). The molecule has 1 aliphatic rings. The zero-order valence-corrected chi connectivity index (χ0v) is 17.0. The fourth-order valence-corrected chi connectivity index (χ4v) is 3.34. The van der Waals surface area contributed by atoms with E-state index in [1.54, 1.807) is 36.4 Å². The van der Waals surface area contributed by atoms with Crippen LogP contribution >= 0.6 is 0 Å². The molecule has 0 aromatic heterocycles. The molecular weight excluding hydrogens is 369 g/mol. The van der Waals surface area contributed by atoms with Gasteiger partial charge in [0.1, 0.15) is 5.82 Å². The second-order valence-corrected chi connectivity index (χ2v) is 7.77. The Morgan fingerprint density at radius 2 is 1.52 bits per heavy atom. The second-order valence-electron chi connectivity index (χ2n) is 7.77. The van der Waals surface area contributed by atoms with Crippen LogP contribution in [0.15, 0.2) is 48.5 Å². The Balaban J connectivity index is 1.53. The maximum absolute atomic E-state index is 13.1. The van der Waals surface area contributed by atoms with Crippen molar-refractivity contribution in [3.8, 4) is 0 Å². The van der Waals surface area contributed by atoms with E-state index < -0.39 is 0 Å².